The van der Waals surface area contributed by atoms with Gasteiger partial charge < -0.3 is 4.74 Å². The van der Waals surface area contributed by atoms with E-state index in [1.807, 2.05) is 0 Å². The molecule has 80 valence electrons. The fourth-order valence-electron chi connectivity index (χ4n) is 1.32. The summed E-state index contributed by atoms with van der Waals surface area (Å²) in [5.41, 5.74) is 0. The molecule has 1 aliphatic heterocycles. The third-order valence-electron chi connectivity index (χ3n) is 2.07. The van der Waals surface area contributed by atoms with E-state index in [9.17, 15) is 4.79 Å². The van der Waals surface area contributed by atoms with Gasteiger partial charge >= 0.3 is 5.97 Å². The van der Waals surface area contributed by atoms with Crippen molar-refractivity contribution in [3.8, 4) is 0 Å². The smallest absolute Gasteiger partial charge is 0.319 e. The molecule has 1 unspecified atom stereocenters. The Balaban J connectivity index is 2.20. The minimum atomic E-state index is -0.184. The van der Waals surface area contributed by atoms with Gasteiger partial charge in [-0.25, -0.2) is 0 Å². The zero-order valence-electron chi connectivity index (χ0n) is 7.70. The second-order valence-electron chi connectivity index (χ2n) is 3.11. The molecule has 1 atom stereocenters. The lowest BCUT2D eigenvalue weighted by molar-refractivity contribution is -0.137. The van der Waals surface area contributed by atoms with Gasteiger partial charge in [0.1, 0.15) is 5.25 Å². The van der Waals surface area contributed by atoms with E-state index < -0.39 is 0 Å². The second-order valence-corrected chi connectivity index (χ2v) is 5.14. The lowest BCUT2D eigenvalue weighted by Crippen LogP contribution is -2.09. The topological polar surface area (TPSA) is 26.3 Å². The van der Waals surface area contributed by atoms with Gasteiger partial charge in [-0.3, -0.25) is 4.79 Å². The summed E-state index contributed by atoms with van der Waals surface area (Å²) < 4.78 is 4.87. The number of cyclic esters (lactones) is 1. The molecule has 0 spiro atoms. The van der Waals surface area contributed by atoms with Crippen molar-refractivity contribution in [2.24, 2.45) is 0 Å². The number of rotatable bonds is 2. The molecule has 2 rings (SSSR count). The number of hydrogen-bond acceptors (Lipinski definition) is 3. The minimum Gasteiger partial charge on any atom is -0.465 e. The summed E-state index contributed by atoms with van der Waals surface area (Å²) in [6.07, 6.45) is 0.713. The highest BCUT2D eigenvalue weighted by molar-refractivity contribution is 8.00. The van der Waals surface area contributed by atoms with Crippen LogP contribution in [0.3, 0.4) is 0 Å². The molecule has 2 nitrogen and oxygen atoms in total. The largest absolute Gasteiger partial charge is 0.465 e. The van der Waals surface area contributed by atoms with E-state index in [-0.39, 0.29) is 11.2 Å². The van der Waals surface area contributed by atoms with Crippen molar-refractivity contribution in [2.45, 2.75) is 16.6 Å². The first-order valence-electron chi connectivity index (χ1n) is 4.46. The number of hydrogen-bond donors (Lipinski definition) is 0. The Morgan fingerprint density at radius 1 is 1.33 bits per heavy atom. The lowest BCUT2D eigenvalue weighted by Gasteiger charge is -2.08. The minimum absolute atomic E-state index is 0.178. The molecule has 1 aliphatic rings. The fourth-order valence-corrected chi connectivity index (χ4v) is 3.01. The van der Waals surface area contributed by atoms with Gasteiger partial charge in [0.15, 0.2) is 0 Å². The van der Waals surface area contributed by atoms with Crippen LogP contribution in [0.1, 0.15) is 6.42 Å². The maximum atomic E-state index is 11.3. The van der Waals surface area contributed by atoms with Gasteiger partial charge in [0, 0.05) is 11.3 Å². The Morgan fingerprint density at radius 3 is 2.53 bits per heavy atom. The monoisotopic (exact) mass is 262 g/mol. The van der Waals surface area contributed by atoms with Gasteiger partial charge in [-0.2, -0.15) is 0 Å². The van der Waals surface area contributed by atoms with Crippen LogP contribution in [-0.2, 0) is 9.53 Å². The van der Waals surface area contributed by atoms with Crippen molar-refractivity contribution >= 4 is 40.9 Å². The standard InChI is InChI=1S/C10H8Cl2O2S/c11-6-2-1-3-7(12)9(6)15-8-4-5-14-10(8)13/h1-3,8H,4-5H2. The van der Waals surface area contributed by atoms with E-state index in [4.69, 9.17) is 27.9 Å². The average Bonchev–Trinajstić information content (AvgIpc) is 2.58. The van der Waals surface area contributed by atoms with Crippen LogP contribution < -0.4 is 0 Å². The Bertz CT molecular complexity index is 375. The van der Waals surface area contributed by atoms with Crippen molar-refractivity contribution in [2.75, 3.05) is 6.61 Å². The fraction of sp³-hybridized carbons (Fsp3) is 0.300. The first-order chi connectivity index (χ1) is 7.18. The molecule has 0 saturated carbocycles. The average molecular weight is 263 g/mol. The Labute approximate surface area is 102 Å². The summed E-state index contributed by atoms with van der Waals surface area (Å²) in [6, 6.07) is 5.30. The molecule has 0 radical (unpaired) electrons. The van der Waals surface area contributed by atoms with Gasteiger partial charge in [-0.15, -0.1) is 11.8 Å². The summed E-state index contributed by atoms with van der Waals surface area (Å²) >= 11 is 13.4. The van der Waals surface area contributed by atoms with E-state index >= 15 is 0 Å². The molecule has 1 aromatic carbocycles. The third-order valence-corrected chi connectivity index (χ3v) is 4.31. The molecule has 1 fully saturated rings. The number of ether oxygens (including phenoxy) is 1. The van der Waals surface area contributed by atoms with Crippen molar-refractivity contribution in [3.63, 3.8) is 0 Å². The zero-order valence-corrected chi connectivity index (χ0v) is 10.0. The van der Waals surface area contributed by atoms with E-state index in [0.29, 0.717) is 23.1 Å². The maximum absolute atomic E-state index is 11.3. The van der Waals surface area contributed by atoms with Crippen LogP contribution in [0.15, 0.2) is 23.1 Å². The summed E-state index contributed by atoms with van der Waals surface area (Å²) in [5, 5.41) is 0.974. The molecule has 1 saturated heterocycles. The van der Waals surface area contributed by atoms with Crippen molar-refractivity contribution < 1.29 is 9.53 Å². The maximum Gasteiger partial charge on any atom is 0.319 e. The summed E-state index contributed by atoms with van der Waals surface area (Å²) in [6.45, 7) is 0.485. The molecule has 0 bridgehead atoms. The number of carbonyl (C=O) groups is 1. The highest BCUT2D eigenvalue weighted by Gasteiger charge is 2.28. The summed E-state index contributed by atoms with van der Waals surface area (Å²) in [7, 11) is 0. The molecule has 1 aromatic rings. The van der Waals surface area contributed by atoms with E-state index in [1.165, 1.54) is 11.8 Å². The second kappa shape index (κ2) is 4.64. The molecule has 0 aromatic heterocycles. The predicted molar refractivity (Wildman–Crippen MR) is 61.7 cm³/mol. The van der Waals surface area contributed by atoms with Crippen LogP contribution >= 0.6 is 35.0 Å². The lowest BCUT2D eigenvalue weighted by atomic mass is 10.3. The van der Waals surface area contributed by atoms with E-state index in [2.05, 4.69) is 0 Å². The normalized spacial score (nSPS) is 20.4. The number of benzene rings is 1. The van der Waals surface area contributed by atoms with Crippen LogP contribution in [-0.4, -0.2) is 17.8 Å². The Morgan fingerprint density at radius 2 is 2.00 bits per heavy atom. The van der Waals surface area contributed by atoms with Gasteiger partial charge in [-0.1, -0.05) is 29.3 Å². The number of halogens is 2. The molecule has 0 N–H and O–H groups in total. The number of carbonyl (C=O) groups excluding carboxylic acids is 1. The van der Waals surface area contributed by atoms with Crippen molar-refractivity contribution in [1.29, 1.82) is 0 Å². The zero-order chi connectivity index (χ0) is 10.8. The van der Waals surface area contributed by atoms with Crippen LogP contribution in [0.4, 0.5) is 0 Å². The predicted octanol–water partition coefficient (Wildman–Crippen LogP) is 3.40. The SMILES string of the molecule is O=C1OCCC1Sc1c(Cl)cccc1Cl. The molecule has 0 aliphatic carbocycles. The molecule has 15 heavy (non-hydrogen) atoms. The quantitative estimate of drug-likeness (QED) is 0.765. The highest BCUT2D eigenvalue weighted by atomic mass is 35.5. The molecular formula is C10H8Cl2O2S. The summed E-state index contributed by atoms with van der Waals surface area (Å²) in [5.74, 6) is -0.184. The molecule has 5 heteroatoms. The Kier molecular flexibility index (Phi) is 3.44. The van der Waals surface area contributed by atoms with Crippen molar-refractivity contribution in [3.05, 3.63) is 28.2 Å². The first kappa shape index (κ1) is 11.1. The molecule has 0 amide bonds. The van der Waals surface area contributed by atoms with Gasteiger partial charge in [-0.05, 0) is 12.1 Å². The van der Waals surface area contributed by atoms with Crippen LogP contribution in [0.2, 0.25) is 10.0 Å². The van der Waals surface area contributed by atoms with Crippen molar-refractivity contribution in [1.82, 2.24) is 0 Å². The first-order valence-corrected chi connectivity index (χ1v) is 6.09. The van der Waals surface area contributed by atoms with E-state index in [1.54, 1.807) is 18.2 Å². The van der Waals surface area contributed by atoms with Crippen LogP contribution in [0.25, 0.3) is 0 Å². The number of esters is 1. The summed E-state index contributed by atoms with van der Waals surface area (Å²) in [4.78, 5) is 12.0. The van der Waals surface area contributed by atoms with Crippen LogP contribution in [0.5, 0.6) is 0 Å². The van der Waals surface area contributed by atoms with Gasteiger partial charge in [0.25, 0.3) is 0 Å². The Hall–Kier alpha value is -0.380. The highest BCUT2D eigenvalue weighted by Crippen LogP contribution is 2.38. The van der Waals surface area contributed by atoms with Gasteiger partial charge in [0.2, 0.25) is 0 Å². The molecule has 1 heterocycles. The van der Waals surface area contributed by atoms with Crippen LogP contribution in [0, 0.1) is 0 Å². The van der Waals surface area contributed by atoms with E-state index in [0.717, 1.165) is 4.90 Å². The van der Waals surface area contributed by atoms with Gasteiger partial charge in [0.05, 0.1) is 16.7 Å². The third kappa shape index (κ3) is 2.41. The molecular weight excluding hydrogens is 255 g/mol. The number of thioether (sulfide) groups is 1.